The van der Waals surface area contributed by atoms with E-state index in [0.717, 1.165) is 30.8 Å². The molecule has 172 valence electrons. The molecule has 0 bridgehead atoms. The quantitative estimate of drug-likeness (QED) is 0.696. The molecule has 0 radical (unpaired) electrons. The molecule has 1 unspecified atom stereocenters. The van der Waals surface area contributed by atoms with Crippen LogP contribution in [-0.4, -0.2) is 52.3 Å². The highest BCUT2D eigenvalue weighted by molar-refractivity contribution is 6.31. The number of halogens is 1. The minimum atomic E-state index is -0.306. The smallest absolute Gasteiger partial charge is 0.257 e. The third kappa shape index (κ3) is 5.70. The first kappa shape index (κ1) is 23.2. The highest BCUT2D eigenvalue weighted by Crippen LogP contribution is 2.33. The first-order valence-corrected chi connectivity index (χ1v) is 11.7. The lowest BCUT2D eigenvalue weighted by atomic mass is 10.0. The van der Waals surface area contributed by atoms with Crippen molar-refractivity contribution >= 4 is 29.1 Å². The maximum Gasteiger partial charge on any atom is 0.257 e. The van der Waals surface area contributed by atoms with E-state index in [0.29, 0.717) is 35.2 Å². The maximum atomic E-state index is 12.7. The first-order valence-electron chi connectivity index (χ1n) is 11.3. The second-order valence-corrected chi connectivity index (χ2v) is 9.49. The van der Waals surface area contributed by atoms with E-state index in [2.05, 4.69) is 22.1 Å². The summed E-state index contributed by atoms with van der Waals surface area (Å²) in [6.45, 7) is 7.13. The summed E-state index contributed by atoms with van der Waals surface area (Å²) in [6.07, 6.45) is 4.46. The minimum absolute atomic E-state index is 0.174. The number of amides is 2. The molecular weight excluding hydrogens is 438 g/mol. The number of rotatable bonds is 6. The number of carbonyl (C=O) groups excluding carboxylic acids is 2. The largest absolute Gasteiger partial charge is 0.337 e. The average molecular weight is 466 g/mol. The van der Waals surface area contributed by atoms with Crippen molar-refractivity contribution < 1.29 is 9.59 Å². The fraction of sp³-hybridized carbons (Fsp3) is 0.440. The Morgan fingerprint density at radius 1 is 1.27 bits per heavy atom. The zero-order valence-corrected chi connectivity index (χ0v) is 19.7. The van der Waals surface area contributed by atoms with Gasteiger partial charge in [-0.15, -0.1) is 0 Å². The van der Waals surface area contributed by atoms with Crippen molar-refractivity contribution in [1.29, 1.82) is 5.26 Å². The Balaban J connectivity index is 1.42. The molecule has 1 N–H and O–H groups in total. The highest BCUT2D eigenvalue weighted by Gasteiger charge is 2.32. The number of aromatic nitrogens is 1. The molecule has 1 aromatic carbocycles. The second-order valence-electron chi connectivity index (χ2n) is 9.05. The van der Waals surface area contributed by atoms with Crippen molar-refractivity contribution in [3.8, 4) is 6.07 Å². The van der Waals surface area contributed by atoms with Crippen LogP contribution in [-0.2, 0) is 11.3 Å². The van der Waals surface area contributed by atoms with Crippen molar-refractivity contribution in [2.24, 2.45) is 5.92 Å². The number of anilines is 1. The highest BCUT2D eigenvalue weighted by atomic mass is 35.5. The van der Waals surface area contributed by atoms with Crippen LogP contribution in [0.5, 0.6) is 0 Å². The number of hydrogen-bond donors (Lipinski definition) is 1. The van der Waals surface area contributed by atoms with Gasteiger partial charge in [-0.3, -0.25) is 14.5 Å². The van der Waals surface area contributed by atoms with Gasteiger partial charge >= 0.3 is 0 Å². The minimum Gasteiger partial charge on any atom is -0.337 e. The van der Waals surface area contributed by atoms with Gasteiger partial charge in [0.05, 0.1) is 5.56 Å². The Morgan fingerprint density at radius 2 is 2.06 bits per heavy atom. The topological polar surface area (TPSA) is 89.3 Å². The monoisotopic (exact) mass is 465 g/mol. The van der Waals surface area contributed by atoms with E-state index >= 15 is 0 Å². The predicted molar refractivity (Wildman–Crippen MR) is 127 cm³/mol. The summed E-state index contributed by atoms with van der Waals surface area (Å²) in [5.74, 6) is 0.580. The van der Waals surface area contributed by atoms with Gasteiger partial charge in [0.2, 0.25) is 5.91 Å². The summed E-state index contributed by atoms with van der Waals surface area (Å²) in [5, 5.41) is 12.3. The summed E-state index contributed by atoms with van der Waals surface area (Å²) >= 11 is 6.39. The molecule has 1 aliphatic heterocycles. The molecule has 33 heavy (non-hydrogen) atoms. The van der Waals surface area contributed by atoms with Crippen molar-refractivity contribution in [2.45, 2.75) is 45.7 Å². The number of benzene rings is 1. The summed E-state index contributed by atoms with van der Waals surface area (Å²) in [7, 11) is 0. The van der Waals surface area contributed by atoms with Crippen LogP contribution in [0.2, 0.25) is 5.02 Å². The lowest BCUT2D eigenvalue weighted by Gasteiger charge is -2.40. The number of hydrogen-bond acceptors (Lipinski definition) is 5. The average Bonchev–Trinajstić information content (AvgIpc) is 3.61. The van der Waals surface area contributed by atoms with Gasteiger partial charge in [0.1, 0.15) is 11.8 Å². The molecule has 1 atom stereocenters. The number of nitrogens with one attached hydrogen (secondary N) is 1. The standard InChI is InChI=1S/C25H28ClN5O2/c1-16-14-30(7-8-31(16)24(32)9-18-3-4-18)15-20-10-21(26)11-23(17(20)2)29-25(33)19-5-6-22(12-27)28-13-19/h5-6,10-11,13,16,18H,3-4,7-9,14-15H2,1-2H3,(H,29,33). The molecule has 2 fully saturated rings. The SMILES string of the molecule is Cc1c(CN2CCN(C(=O)CC3CC3)C(C)C2)cc(Cl)cc1NC(=O)c1ccc(C#N)nc1. The molecule has 1 saturated heterocycles. The molecule has 0 spiro atoms. The van der Waals surface area contributed by atoms with Crippen LogP contribution in [0.4, 0.5) is 5.69 Å². The van der Waals surface area contributed by atoms with Crippen LogP contribution in [0.15, 0.2) is 30.5 Å². The fourth-order valence-corrected chi connectivity index (χ4v) is 4.53. The molecular formula is C25H28ClN5O2. The zero-order chi connectivity index (χ0) is 23.5. The molecule has 1 aliphatic carbocycles. The molecule has 2 heterocycles. The van der Waals surface area contributed by atoms with Gasteiger partial charge in [0, 0.05) is 55.5 Å². The van der Waals surface area contributed by atoms with E-state index in [4.69, 9.17) is 16.9 Å². The normalized spacial score (nSPS) is 18.6. The van der Waals surface area contributed by atoms with Crippen molar-refractivity contribution in [3.05, 3.63) is 57.9 Å². The van der Waals surface area contributed by atoms with E-state index in [1.165, 1.54) is 25.1 Å². The van der Waals surface area contributed by atoms with Gasteiger partial charge in [0.25, 0.3) is 5.91 Å². The number of piperazine rings is 1. The molecule has 2 aromatic rings. The van der Waals surface area contributed by atoms with Crippen LogP contribution >= 0.6 is 11.6 Å². The molecule has 1 saturated carbocycles. The Labute approximate surface area is 199 Å². The Bertz CT molecular complexity index is 1090. The third-order valence-electron chi connectivity index (χ3n) is 6.45. The second kappa shape index (κ2) is 9.90. The van der Waals surface area contributed by atoms with Crippen LogP contribution in [0.25, 0.3) is 0 Å². The Morgan fingerprint density at radius 3 is 2.70 bits per heavy atom. The van der Waals surface area contributed by atoms with E-state index in [9.17, 15) is 9.59 Å². The lowest BCUT2D eigenvalue weighted by molar-refractivity contribution is -0.136. The maximum absolute atomic E-state index is 12.7. The summed E-state index contributed by atoms with van der Waals surface area (Å²) in [4.78, 5) is 33.5. The third-order valence-corrected chi connectivity index (χ3v) is 6.67. The molecule has 4 rings (SSSR count). The summed E-state index contributed by atoms with van der Waals surface area (Å²) in [5.41, 5.74) is 3.28. The Kier molecular flexibility index (Phi) is 6.96. The molecule has 2 aliphatic rings. The molecule has 7 nitrogen and oxygen atoms in total. The summed E-state index contributed by atoms with van der Waals surface area (Å²) < 4.78 is 0. The van der Waals surface area contributed by atoms with Crippen LogP contribution in [0, 0.1) is 24.2 Å². The van der Waals surface area contributed by atoms with E-state index < -0.39 is 0 Å². The Hall–Kier alpha value is -2.95. The molecule has 2 amide bonds. The van der Waals surface area contributed by atoms with Crippen molar-refractivity contribution in [3.63, 3.8) is 0 Å². The first-order chi connectivity index (χ1) is 15.8. The van der Waals surface area contributed by atoms with Gasteiger partial charge < -0.3 is 10.2 Å². The summed E-state index contributed by atoms with van der Waals surface area (Å²) in [6, 6.07) is 8.89. The van der Waals surface area contributed by atoms with Crippen LogP contribution in [0.3, 0.4) is 0 Å². The van der Waals surface area contributed by atoms with Crippen LogP contribution < -0.4 is 5.32 Å². The molecule has 8 heteroatoms. The number of carbonyl (C=O) groups is 2. The number of nitriles is 1. The van der Waals surface area contributed by atoms with Crippen molar-refractivity contribution in [2.75, 3.05) is 25.0 Å². The van der Waals surface area contributed by atoms with Crippen molar-refractivity contribution in [1.82, 2.24) is 14.8 Å². The predicted octanol–water partition coefficient (Wildman–Crippen LogP) is 4.00. The van der Waals surface area contributed by atoms with E-state index in [1.807, 2.05) is 24.0 Å². The lowest BCUT2D eigenvalue weighted by Crippen LogP contribution is -2.53. The molecule has 1 aromatic heterocycles. The van der Waals surface area contributed by atoms with Gasteiger partial charge in [-0.2, -0.15) is 5.26 Å². The number of pyridine rings is 1. The van der Waals surface area contributed by atoms with E-state index in [-0.39, 0.29) is 23.6 Å². The zero-order valence-electron chi connectivity index (χ0n) is 19.0. The van der Waals surface area contributed by atoms with Gasteiger partial charge in [-0.1, -0.05) is 11.6 Å². The number of nitrogens with zero attached hydrogens (tertiary/aromatic N) is 4. The van der Waals surface area contributed by atoms with Gasteiger partial charge in [-0.25, -0.2) is 4.98 Å². The van der Waals surface area contributed by atoms with Gasteiger partial charge in [-0.05, 0) is 68.0 Å². The van der Waals surface area contributed by atoms with E-state index in [1.54, 1.807) is 12.1 Å². The van der Waals surface area contributed by atoms with Gasteiger partial charge in [0.15, 0.2) is 0 Å². The van der Waals surface area contributed by atoms with Crippen LogP contribution in [0.1, 0.15) is 53.4 Å². The fourth-order valence-electron chi connectivity index (χ4n) is 4.29.